The van der Waals surface area contributed by atoms with Crippen molar-refractivity contribution in [3.63, 3.8) is 0 Å². The number of ether oxygens (including phenoxy) is 2. The molecule has 0 aliphatic carbocycles. The smallest absolute Gasteiger partial charge is 0.255 e. The fourth-order valence-corrected chi connectivity index (χ4v) is 2.38. The van der Waals surface area contributed by atoms with Crippen molar-refractivity contribution < 1.29 is 14.3 Å². The SMILES string of the molecule is COc1cc(C(=O)Nc2ccc3[nH]ncc3c2)ccc1OC(C)C. The molecule has 2 N–H and O–H groups in total. The Morgan fingerprint density at radius 2 is 2.00 bits per heavy atom. The summed E-state index contributed by atoms with van der Waals surface area (Å²) in [6.07, 6.45) is 1.74. The zero-order valence-corrected chi connectivity index (χ0v) is 13.8. The third kappa shape index (κ3) is 3.32. The standard InChI is InChI=1S/C18H19N3O3/c1-11(2)24-16-7-4-12(9-17(16)23-3)18(22)20-14-5-6-15-13(8-14)10-19-21-15/h4-11H,1-3H3,(H,19,21)(H,20,22). The molecule has 0 aliphatic heterocycles. The average Bonchev–Trinajstić information content (AvgIpc) is 3.02. The minimum Gasteiger partial charge on any atom is -0.493 e. The largest absolute Gasteiger partial charge is 0.493 e. The van der Waals surface area contributed by atoms with Crippen molar-refractivity contribution in [1.82, 2.24) is 10.2 Å². The number of amides is 1. The van der Waals surface area contributed by atoms with Gasteiger partial charge in [-0.2, -0.15) is 5.10 Å². The van der Waals surface area contributed by atoms with Gasteiger partial charge in [0.05, 0.1) is 24.9 Å². The molecule has 0 saturated heterocycles. The van der Waals surface area contributed by atoms with Gasteiger partial charge in [-0.15, -0.1) is 0 Å². The summed E-state index contributed by atoms with van der Waals surface area (Å²) >= 11 is 0. The number of carbonyl (C=O) groups excluding carboxylic acids is 1. The molecule has 0 fully saturated rings. The minimum atomic E-state index is -0.216. The molecule has 0 bridgehead atoms. The molecule has 2 aromatic carbocycles. The number of nitrogens with zero attached hydrogens (tertiary/aromatic N) is 1. The second-order valence-electron chi connectivity index (χ2n) is 5.66. The molecule has 3 aromatic rings. The molecule has 6 nitrogen and oxygen atoms in total. The van der Waals surface area contributed by atoms with Gasteiger partial charge >= 0.3 is 0 Å². The number of fused-ring (bicyclic) bond motifs is 1. The van der Waals surface area contributed by atoms with E-state index in [1.807, 2.05) is 32.0 Å². The number of benzene rings is 2. The second kappa shape index (κ2) is 6.62. The lowest BCUT2D eigenvalue weighted by Gasteiger charge is -2.14. The summed E-state index contributed by atoms with van der Waals surface area (Å²) in [6.45, 7) is 3.87. The molecule has 1 heterocycles. The van der Waals surface area contributed by atoms with Gasteiger partial charge in [0, 0.05) is 16.6 Å². The highest BCUT2D eigenvalue weighted by Gasteiger charge is 2.12. The molecule has 3 rings (SSSR count). The zero-order valence-electron chi connectivity index (χ0n) is 13.8. The fourth-order valence-electron chi connectivity index (χ4n) is 2.38. The predicted octanol–water partition coefficient (Wildman–Crippen LogP) is 3.61. The first kappa shape index (κ1) is 15.9. The molecule has 0 spiro atoms. The Hall–Kier alpha value is -3.02. The van der Waals surface area contributed by atoms with Crippen molar-refractivity contribution in [2.24, 2.45) is 0 Å². The molecular formula is C18H19N3O3. The van der Waals surface area contributed by atoms with Gasteiger partial charge in [-0.1, -0.05) is 0 Å². The van der Waals surface area contributed by atoms with E-state index in [1.165, 1.54) is 0 Å². The number of aromatic nitrogens is 2. The van der Waals surface area contributed by atoms with Gasteiger partial charge in [0.1, 0.15) is 0 Å². The zero-order chi connectivity index (χ0) is 17.1. The van der Waals surface area contributed by atoms with Crippen LogP contribution in [0.4, 0.5) is 5.69 Å². The van der Waals surface area contributed by atoms with Crippen LogP contribution in [0, 0.1) is 0 Å². The van der Waals surface area contributed by atoms with Crippen LogP contribution in [0.25, 0.3) is 10.9 Å². The van der Waals surface area contributed by atoms with E-state index in [0.29, 0.717) is 22.7 Å². The summed E-state index contributed by atoms with van der Waals surface area (Å²) in [4.78, 5) is 12.5. The number of hydrogen-bond donors (Lipinski definition) is 2. The molecule has 0 aliphatic rings. The number of anilines is 1. The van der Waals surface area contributed by atoms with Crippen molar-refractivity contribution in [3.05, 3.63) is 48.2 Å². The molecule has 124 valence electrons. The molecule has 0 atom stereocenters. The van der Waals surface area contributed by atoms with Crippen LogP contribution in [-0.2, 0) is 0 Å². The minimum absolute atomic E-state index is 0.0280. The van der Waals surface area contributed by atoms with Crippen molar-refractivity contribution in [2.45, 2.75) is 20.0 Å². The van der Waals surface area contributed by atoms with Gasteiger partial charge in [-0.05, 0) is 50.2 Å². The van der Waals surface area contributed by atoms with Gasteiger partial charge < -0.3 is 14.8 Å². The Labute approximate surface area is 139 Å². The second-order valence-corrected chi connectivity index (χ2v) is 5.66. The van der Waals surface area contributed by atoms with Gasteiger partial charge in [0.15, 0.2) is 11.5 Å². The van der Waals surface area contributed by atoms with Crippen molar-refractivity contribution in [3.8, 4) is 11.5 Å². The highest BCUT2D eigenvalue weighted by molar-refractivity contribution is 6.05. The normalized spacial score (nSPS) is 10.8. The molecular weight excluding hydrogens is 306 g/mol. The Bertz CT molecular complexity index is 871. The van der Waals surface area contributed by atoms with E-state index >= 15 is 0 Å². The van der Waals surface area contributed by atoms with E-state index in [1.54, 1.807) is 31.5 Å². The van der Waals surface area contributed by atoms with Crippen LogP contribution >= 0.6 is 0 Å². The van der Waals surface area contributed by atoms with Gasteiger partial charge in [-0.3, -0.25) is 9.89 Å². The summed E-state index contributed by atoms with van der Waals surface area (Å²) < 4.78 is 11.0. The van der Waals surface area contributed by atoms with E-state index < -0.39 is 0 Å². The van der Waals surface area contributed by atoms with Crippen LogP contribution in [-0.4, -0.2) is 29.3 Å². The van der Waals surface area contributed by atoms with Crippen LogP contribution < -0.4 is 14.8 Å². The van der Waals surface area contributed by atoms with E-state index in [-0.39, 0.29) is 12.0 Å². The molecule has 1 amide bonds. The molecule has 1 aromatic heterocycles. The van der Waals surface area contributed by atoms with Gasteiger partial charge in [0.25, 0.3) is 5.91 Å². The number of aromatic amines is 1. The van der Waals surface area contributed by atoms with E-state index in [9.17, 15) is 4.79 Å². The van der Waals surface area contributed by atoms with Crippen LogP contribution in [0.1, 0.15) is 24.2 Å². The maximum Gasteiger partial charge on any atom is 0.255 e. The lowest BCUT2D eigenvalue weighted by Crippen LogP contribution is -2.12. The first-order valence-corrected chi connectivity index (χ1v) is 7.66. The van der Waals surface area contributed by atoms with Crippen LogP contribution in [0.2, 0.25) is 0 Å². The number of methoxy groups -OCH3 is 1. The molecule has 0 saturated carbocycles. The van der Waals surface area contributed by atoms with E-state index in [4.69, 9.17) is 9.47 Å². The fraction of sp³-hybridized carbons (Fsp3) is 0.222. The Balaban J connectivity index is 1.81. The average molecular weight is 325 g/mol. The third-order valence-electron chi connectivity index (χ3n) is 3.49. The third-order valence-corrected chi connectivity index (χ3v) is 3.49. The highest BCUT2D eigenvalue weighted by atomic mass is 16.5. The first-order valence-electron chi connectivity index (χ1n) is 7.66. The van der Waals surface area contributed by atoms with Crippen LogP contribution in [0.15, 0.2) is 42.6 Å². The summed E-state index contributed by atoms with van der Waals surface area (Å²) in [7, 11) is 1.55. The van der Waals surface area contributed by atoms with E-state index in [0.717, 1.165) is 10.9 Å². The van der Waals surface area contributed by atoms with Crippen LogP contribution in [0.3, 0.4) is 0 Å². The summed E-state index contributed by atoms with van der Waals surface area (Å²) in [5.74, 6) is 0.928. The lowest BCUT2D eigenvalue weighted by atomic mass is 10.1. The Morgan fingerprint density at radius 1 is 1.17 bits per heavy atom. The molecule has 0 unspecified atom stereocenters. The summed E-state index contributed by atoms with van der Waals surface area (Å²) in [5, 5.41) is 10.7. The maximum atomic E-state index is 12.5. The van der Waals surface area contributed by atoms with Crippen LogP contribution in [0.5, 0.6) is 11.5 Å². The number of rotatable bonds is 5. The predicted molar refractivity (Wildman–Crippen MR) is 92.8 cm³/mol. The molecule has 6 heteroatoms. The number of hydrogen-bond acceptors (Lipinski definition) is 4. The monoisotopic (exact) mass is 325 g/mol. The molecule has 0 radical (unpaired) electrons. The number of H-pyrrole nitrogens is 1. The lowest BCUT2D eigenvalue weighted by molar-refractivity contribution is 0.102. The van der Waals surface area contributed by atoms with Gasteiger partial charge in [-0.25, -0.2) is 0 Å². The van der Waals surface area contributed by atoms with Gasteiger partial charge in [0.2, 0.25) is 0 Å². The van der Waals surface area contributed by atoms with Crippen molar-refractivity contribution >= 4 is 22.5 Å². The maximum absolute atomic E-state index is 12.5. The Kier molecular flexibility index (Phi) is 4.37. The topological polar surface area (TPSA) is 76.2 Å². The number of carbonyl (C=O) groups is 1. The quantitative estimate of drug-likeness (QED) is 0.751. The summed E-state index contributed by atoms with van der Waals surface area (Å²) in [5.41, 5.74) is 2.12. The van der Waals surface area contributed by atoms with Crippen molar-refractivity contribution in [1.29, 1.82) is 0 Å². The highest BCUT2D eigenvalue weighted by Crippen LogP contribution is 2.29. The van der Waals surface area contributed by atoms with Crippen molar-refractivity contribution in [2.75, 3.05) is 12.4 Å². The number of nitrogens with one attached hydrogen (secondary N) is 2. The van der Waals surface area contributed by atoms with E-state index in [2.05, 4.69) is 15.5 Å². The Morgan fingerprint density at radius 3 is 2.75 bits per heavy atom. The first-order chi connectivity index (χ1) is 11.6. The molecule has 24 heavy (non-hydrogen) atoms. The summed E-state index contributed by atoms with van der Waals surface area (Å²) in [6, 6.07) is 10.7.